The van der Waals surface area contributed by atoms with E-state index in [1.165, 1.54) is 0 Å². The SMILES string of the molecule is [N-]=[N+]=N[C@@H](C1C=CC=C1)[C@@H](O)c1ccccc1. The average molecular weight is 227 g/mol. The normalized spacial score (nSPS) is 17.7. The molecule has 1 aromatic carbocycles. The molecule has 0 fully saturated rings. The fraction of sp³-hybridized carbons (Fsp3) is 0.231. The first-order valence-electron chi connectivity index (χ1n) is 5.45. The molecule has 2 rings (SSSR count). The van der Waals surface area contributed by atoms with Crippen LogP contribution in [0.3, 0.4) is 0 Å². The number of rotatable bonds is 4. The van der Waals surface area contributed by atoms with Crippen molar-refractivity contribution in [1.29, 1.82) is 0 Å². The van der Waals surface area contributed by atoms with Gasteiger partial charge in [0.25, 0.3) is 0 Å². The van der Waals surface area contributed by atoms with Gasteiger partial charge in [-0.25, -0.2) is 0 Å². The highest BCUT2D eigenvalue weighted by molar-refractivity contribution is 5.25. The molecule has 17 heavy (non-hydrogen) atoms. The maximum absolute atomic E-state index is 10.2. The first-order valence-corrected chi connectivity index (χ1v) is 5.45. The molecule has 1 aliphatic rings. The topological polar surface area (TPSA) is 69.0 Å². The first kappa shape index (κ1) is 11.5. The van der Waals surface area contributed by atoms with Crippen LogP contribution in [0.5, 0.6) is 0 Å². The highest BCUT2D eigenvalue weighted by Crippen LogP contribution is 2.28. The van der Waals surface area contributed by atoms with Gasteiger partial charge in [0.1, 0.15) is 0 Å². The summed E-state index contributed by atoms with van der Waals surface area (Å²) in [5, 5.41) is 13.9. The molecule has 0 bridgehead atoms. The Morgan fingerprint density at radius 1 is 1.18 bits per heavy atom. The third-order valence-electron chi connectivity index (χ3n) is 2.82. The molecule has 0 saturated carbocycles. The Balaban J connectivity index is 2.24. The van der Waals surface area contributed by atoms with Gasteiger partial charge >= 0.3 is 0 Å². The Kier molecular flexibility index (Phi) is 3.60. The van der Waals surface area contributed by atoms with Gasteiger partial charge in [0, 0.05) is 10.8 Å². The van der Waals surface area contributed by atoms with E-state index in [9.17, 15) is 5.11 Å². The van der Waals surface area contributed by atoms with Crippen molar-refractivity contribution in [2.45, 2.75) is 12.1 Å². The summed E-state index contributed by atoms with van der Waals surface area (Å²) in [5.41, 5.74) is 9.35. The van der Waals surface area contributed by atoms with Gasteiger partial charge in [-0.2, -0.15) is 0 Å². The van der Waals surface area contributed by atoms with E-state index in [1.54, 1.807) is 0 Å². The zero-order valence-corrected chi connectivity index (χ0v) is 9.22. The van der Waals surface area contributed by atoms with Crippen molar-refractivity contribution in [3.63, 3.8) is 0 Å². The Morgan fingerprint density at radius 3 is 2.41 bits per heavy atom. The molecule has 0 amide bonds. The van der Waals surface area contributed by atoms with Gasteiger partial charge < -0.3 is 5.11 Å². The van der Waals surface area contributed by atoms with Crippen LogP contribution in [0.1, 0.15) is 11.7 Å². The van der Waals surface area contributed by atoms with E-state index in [-0.39, 0.29) is 5.92 Å². The first-order chi connectivity index (χ1) is 8.33. The lowest BCUT2D eigenvalue weighted by Crippen LogP contribution is -2.22. The number of nitrogens with zero attached hydrogens (tertiary/aromatic N) is 3. The van der Waals surface area contributed by atoms with E-state index in [2.05, 4.69) is 10.0 Å². The summed E-state index contributed by atoms with van der Waals surface area (Å²) in [6.07, 6.45) is 6.84. The molecule has 0 spiro atoms. The largest absolute Gasteiger partial charge is 0.388 e. The maximum Gasteiger partial charge on any atom is 0.0883 e. The van der Waals surface area contributed by atoms with Crippen molar-refractivity contribution < 1.29 is 5.11 Å². The van der Waals surface area contributed by atoms with E-state index in [4.69, 9.17) is 5.53 Å². The van der Waals surface area contributed by atoms with Crippen LogP contribution in [0, 0.1) is 5.92 Å². The minimum Gasteiger partial charge on any atom is -0.388 e. The van der Waals surface area contributed by atoms with E-state index in [1.807, 2.05) is 54.6 Å². The third kappa shape index (κ3) is 2.56. The summed E-state index contributed by atoms with van der Waals surface area (Å²) in [7, 11) is 0. The summed E-state index contributed by atoms with van der Waals surface area (Å²) in [6.45, 7) is 0. The molecule has 4 heteroatoms. The van der Waals surface area contributed by atoms with E-state index >= 15 is 0 Å². The van der Waals surface area contributed by atoms with Gasteiger partial charge in [0.15, 0.2) is 0 Å². The van der Waals surface area contributed by atoms with Crippen molar-refractivity contribution in [2.24, 2.45) is 11.0 Å². The molecule has 0 heterocycles. The molecule has 1 N–H and O–H groups in total. The van der Waals surface area contributed by atoms with Crippen molar-refractivity contribution >= 4 is 0 Å². The number of azide groups is 1. The lowest BCUT2D eigenvalue weighted by Gasteiger charge is -2.22. The maximum atomic E-state index is 10.2. The average Bonchev–Trinajstić information content (AvgIpc) is 2.90. The van der Waals surface area contributed by atoms with Gasteiger partial charge in [0.2, 0.25) is 0 Å². The Bertz CT molecular complexity index is 463. The number of aliphatic hydroxyl groups is 1. The fourth-order valence-corrected chi connectivity index (χ4v) is 1.93. The second-order valence-corrected chi connectivity index (χ2v) is 3.90. The number of hydrogen-bond acceptors (Lipinski definition) is 2. The number of benzene rings is 1. The summed E-state index contributed by atoms with van der Waals surface area (Å²) in [6, 6.07) is 8.74. The van der Waals surface area contributed by atoms with Crippen LogP contribution >= 0.6 is 0 Å². The molecule has 0 aliphatic heterocycles. The number of allylic oxidation sites excluding steroid dienone is 2. The van der Waals surface area contributed by atoms with Crippen molar-refractivity contribution in [1.82, 2.24) is 0 Å². The standard InChI is InChI=1S/C13H13N3O/c14-16-15-12(10-6-4-5-7-10)13(17)11-8-2-1-3-9-11/h1-10,12-13,17H/t12-,13-/m0/s1. The summed E-state index contributed by atoms with van der Waals surface area (Å²) in [4.78, 5) is 2.82. The second-order valence-electron chi connectivity index (χ2n) is 3.90. The van der Waals surface area contributed by atoms with E-state index in [0.29, 0.717) is 0 Å². The predicted octanol–water partition coefficient (Wildman–Crippen LogP) is 3.14. The summed E-state index contributed by atoms with van der Waals surface area (Å²) < 4.78 is 0. The molecule has 86 valence electrons. The molecule has 0 unspecified atom stereocenters. The zero-order chi connectivity index (χ0) is 12.1. The molecule has 0 saturated heterocycles. The van der Waals surface area contributed by atoms with Gasteiger partial charge in [-0.15, -0.1) is 0 Å². The summed E-state index contributed by atoms with van der Waals surface area (Å²) >= 11 is 0. The molecule has 2 atom stereocenters. The van der Waals surface area contributed by atoms with Gasteiger partial charge in [-0.3, -0.25) is 0 Å². The predicted molar refractivity (Wildman–Crippen MR) is 66.1 cm³/mol. The minimum atomic E-state index is -0.788. The van der Waals surface area contributed by atoms with Crippen LogP contribution in [-0.4, -0.2) is 11.1 Å². The molecular weight excluding hydrogens is 214 g/mol. The Morgan fingerprint density at radius 2 is 1.82 bits per heavy atom. The second kappa shape index (κ2) is 5.34. The molecule has 0 aromatic heterocycles. The van der Waals surface area contributed by atoms with Gasteiger partial charge in [0.05, 0.1) is 12.1 Å². The van der Waals surface area contributed by atoms with Crippen molar-refractivity contribution in [3.05, 3.63) is 70.6 Å². The zero-order valence-electron chi connectivity index (χ0n) is 9.22. The van der Waals surface area contributed by atoms with Crippen LogP contribution < -0.4 is 0 Å². The monoisotopic (exact) mass is 227 g/mol. The summed E-state index contributed by atoms with van der Waals surface area (Å²) in [5.74, 6) is -0.0406. The fourth-order valence-electron chi connectivity index (χ4n) is 1.93. The van der Waals surface area contributed by atoms with Crippen LogP contribution in [0.25, 0.3) is 10.4 Å². The van der Waals surface area contributed by atoms with Crippen LogP contribution in [0.2, 0.25) is 0 Å². The number of aliphatic hydroxyl groups excluding tert-OH is 1. The van der Waals surface area contributed by atoms with Crippen LogP contribution in [-0.2, 0) is 0 Å². The Hall–Kier alpha value is -2.03. The molecule has 1 aromatic rings. The van der Waals surface area contributed by atoms with Crippen molar-refractivity contribution in [3.8, 4) is 0 Å². The Labute approximate surface area is 99.5 Å². The van der Waals surface area contributed by atoms with Crippen molar-refractivity contribution in [2.75, 3.05) is 0 Å². The quantitative estimate of drug-likeness (QED) is 0.479. The molecule has 0 radical (unpaired) electrons. The molecule has 1 aliphatic carbocycles. The lowest BCUT2D eigenvalue weighted by molar-refractivity contribution is 0.136. The highest BCUT2D eigenvalue weighted by Gasteiger charge is 2.26. The molecule has 4 nitrogen and oxygen atoms in total. The lowest BCUT2D eigenvalue weighted by atomic mass is 9.92. The van der Waals surface area contributed by atoms with Gasteiger partial charge in [-0.1, -0.05) is 59.8 Å². The molecular formula is C13H13N3O. The number of hydrogen-bond donors (Lipinski definition) is 1. The van der Waals surface area contributed by atoms with Crippen LogP contribution in [0.4, 0.5) is 0 Å². The van der Waals surface area contributed by atoms with E-state index < -0.39 is 12.1 Å². The minimum absolute atomic E-state index is 0.0406. The van der Waals surface area contributed by atoms with Gasteiger partial charge in [-0.05, 0) is 11.1 Å². The van der Waals surface area contributed by atoms with Crippen LogP contribution in [0.15, 0.2) is 59.8 Å². The smallest absolute Gasteiger partial charge is 0.0883 e. The highest BCUT2D eigenvalue weighted by atomic mass is 16.3. The van der Waals surface area contributed by atoms with E-state index in [0.717, 1.165) is 5.56 Å². The third-order valence-corrected chi connectivity index (χ3v) is 2.82.